The molecule has 0 spiro atoms. The molecule has 1 saturated heterocycles. The number of rotatable bonds is 11. The molecule has 2 N–H and O–H groups in total. The summed E-state index contributed by atoms with van der Waals surface area (Å²) in [4.78, 5) is 39.7. The quantitative estimate of drug-likeness (QED) is 0.458. The van der Waals surface area contributed by atoms with Crippen molar-refractivity contribution in [2.45, 2.75) is 32.7 Å². The molecule has 4 rings (SSSR count). The highest BCUT2D eigenvalue weighted by molar-refractivity contribution is 6.01. The molecule has 0 aliphatic carbocycles. The number of ether oxygens (including phenoxy) is 2. The molecule has 0 atom stereocenters. The van der Waals surface area contributed by atoms with Crippen LogP contribution in [0.1, 0.15) is 28.9 Å². The molecule has 1 aromatic carbocycles. The van der Waals surface area contributed by atoms with Crippen molar-refractivity contribution in [2.24, 2.45) is 0 Å². The van der Waals surface area contributed by atoms with Crippen LogP contribution in [0.4, 0.5) is 11.6 Å². The Hall–Kier alpha value is -3.08. The third-order valence-electron chi connectivity index (χ3n) is 6.68. The van der Waals surface area contributed by atoms with Crippen LogP contribution in [0.2, 0.25) is 0 Å². The molecule has 0 saturated carbocycles. The van der Waals surface area contributed by atoms with Crippen LogP contribution in [0.3, 0.4) is 0 Å². The zero-order valence-corrected chi connectivity index (χ0v) is 21.2. The number of esters is 1. The molecule has 1 fully saturated rings. The molecular formula is C26H36N6O4. The van der Waals surface area contributed by atoms with Crippen LogP contribution >= 0.6 is 0 Å². The van der Waals surface area contributed by atoms with Gasteiger partial charge in [0.05, 0.1) is 33.2 Å². The summed E-state index contributed by atoms with van der Waals surface area (Å²) < 4.78 is 10.3. The molecule has 194 valence electrons. The SMILES string of the molecule is COC(=O)Cc1cccc(CN(CCCN2C(=O)Cc3c(N)nc(C)nc32)CCN2CCOCC2)c1. The molecule has 1 aromatic heterocycles. The predicted molar refractivity (Wildman–Crippen MR) is 137 cm³/mol. The van der Waals surface area contributed by atoms with Gasteiger partial charge in [0.2, 0.25) is 5.91 Å². The van der Waals surface area contributed by atoms with Gasteiger partial charge in [-0.25, -0.2) is 9.97 Å². The first-order valence-corrected chi connectivity index (χ1v) is 12.5. The number of hydrogen-bond acceptors (Lipinski definition) is 9. The Balaban J connectivity index is 1.40. The van der Waals surface area contributed by atoms with Crippen LogP contribution in [0.15, 0.2) is 24.3 Å². The van der Waals surface area contributed by atoms with Gasteiger partial charge in [0.25, 0.3) is 0 Å². The molecule has 10 heteroatoms. The average Bonchev–Trinajstić information content (AvgIpc) is 3.18. The summed E-state index contributed by atoms with van der Waals surface area (Å²) in [5.41, 5.74) is 8.87. The predicted octanol–water partition coefficient (Wildman–Crippen LogP) is 1.20. The van der Waals surface area contributed by atoms with Crippen molar-refractivity contribution in [3.8, 4) is 0 Å². The zero-order valence-electron chi connectivity index (χ0n) is 21.2. The zero-order chi connectivity index (χ0) is 25.5. The Kier molecular flexibility index (Phi) is 8.84. The van der Waals surface area contributed by atoms with Crippen molar-refractivity contribution in [3.05, 3.63) is 46.8 Å². The smallest absolute Gasteiger partial charge is 0.309 e. The van der Waals surface area contributed by atoms with E-state index in [4.69, 9.17) is 15.2 Å². The summed E-state index contributed by atoms with van der Waals surface area (Å²) in [6.07, 6.45) is 1.33. The van der Waals surface area contributed by atoms with E-state index in [1.54, 1.807) is 11.8 Å². The van der Waals surface area contributed by atoms with Crippen LogP contribution in [0.25, 0.3) is 0 Å². The number of carbonyl (C=O) groups is 2. The van der Waals surface area contributed by atoms with E-state index in [0.717, 1.165) is 75.6 Å². The van der Waals surface area contributed by atoms with Crippen LogP contribution in [-0.4, -0.2) is 91.2 Å². The fourth-order valence-electron chi connectivity index (χ4n) is 4.76. The summed E-state index contributed by atoms with van der Waals surface area (Å²) in [6, 6.07) is 8.09. The van der Waals surface area contributed by atoms with Gasteiger partial charge in [-0.2, -0.15) is 0 Å². The first kappa shape index (κ1) is 26.0. The number of aryl methyl sites for hydroxylation is 1. The number of aromatic nitrogens is 2. The average molecular weight is 497 g/mol. The molecule has 2 aromatic rings. The molecule has 3 heterocycles. The Morgan fingerprint density at radius 2 is 1.94 bits per heavy atom. The van der Waals surface area contributed by atoms with Crippen molar-refractivity contribution in [2.75, 3.05) is 70.2 Å². The van der Waals surface area contributed by atoms with Crippen LogP contribution in [0.5, 0.6) is 0 Å². The van der Waals surface area contributed by atoms with E-state index in [-0.39, 0.29) is 24.7 Å². The minimum atomic E-state index is -0.244. The van der Waals surface area contributed by atoms with Gasteiger partial charge in [0, 0.05) is 51.4 Å². The number of fused-ring (bicyclic) bond motifs is 1. The molecule has 36 heavy (non-hydrogen) atoms. The fourth-order valence-corrected chi connectivity index (χ4v) is 4.76. The Morgan fingerprint density at radius 3 is 2.72 bits per heavy atom. The molecular weight excluding hydrogens is 460 g/mol. The van der Waals surface area contributed by atoms with E-state index >= 15 is 0 Å². The van der Waals surface area contributed by atoms with Crippen LogP contribution < -0.4 is 10.6 Å². The second-order valence-electron chi connectivity index (χ2n) is 9.34. The maximum atomic E-state index is 12.7. The lowest BCUT2D eigenvalue weighted by atomic mass is 10.1. The van der Waals surface area contributed by atoms with Gasteiger partial charge < -0.3 is 15.2 Å². The molecule has 0 bridgehead atoms. The number of carbonyl (C=O) groups excluding carboxylic acids is 2. The van der Waals surface area contributed by atoms with E-state index in [2.05, 4.69) is 31.9 Å². The number of benzene rings is 1. The van der Waals surface area contributed by atoms with Gasteiger partial charge in [-0.15, -0.1) is 0 Å². The minimum Gasteiger partial charge on any atom is -0.469 e. The molecule has 2 aliphatic heterocycles. The molecule has 2 aliphatic rings. The van der Waals surface area contributed by atoms with Gasteiger partial charge in [0.15, 0.2) is 0 Å². The van der Waals surface area contributed by atoms with Crippen molar-refractivity contribution >= 4 is 23.5 Å². The van der Waals surface area contributed by atoms with Gasteiger partial charge in [-0.3, -0.25) is 24.3 Å². The van der Waals surface area contributed by atoms with Gasteiger partial charge >= 0.3 is 5.97 Å². The molecule has 0 unspecified atom stereocenters. The first-order valence-electron chi connectivity index (χ1n) is 12.5. The summed E-state index contributed by atoms with van der Waals surface area (Å²) in [6.45, 7) is 9.26. The maximum absolute atomic E-state index is 12.7. The molecule has 10 nitrogen and oxygen atoms in total. The number of anilines is 2. The van der Waals surface area contributed by atoms with Crippen LogP contribution in [-0.2, 0) is 38.4 Å². The fraction of sp³-hybridized carbons (Fsp3) is 0.538. The lowest BCUT2D eigenvalue weighted by Gasteiger charge is -2.30. The first-order chi connectivity index (χ1) is 17.4. The van der Waals surface area contributed by atoms with Gasteiger partial charge in [-0.1, -0.05) is 24.3 Å². The molecule has 1 amide bonds. The van der Waals surface area contributed by atoms with Crippen molar-refractivity contribution in [1.82, 2.24) is 19.8 Å². The monoisotopic (exact) mass is 496 g/mol. The lowest BCUT2D eigenvalue weighted by Crippen LogP contribution is -2.42. The summed E-state index contributed by atoms with van der Waals surface area (Å²) in [5, 5.41) is 0. The standard InChI is InChI=1S/C26H36N6O4/c1-19-28-25(27)22-17-23(33)32(26(22)29-19)8-4-7-31(10-9-30-11-13-36-14-12-30)18-21-6-3-5-20(15-21)16-24(34)35-2/h3,5-6,15H,4,7-14,16-18H2,1-2H3,(H2,27,28,29). The highest BCUT2D eigenvalue weighted by Crippen LogP contribution is 2.30. The number of hydrogen-bond donors (Lipinski definition) is 1. The molecule has 0 radical (unpaired) electrons. The van der Waals surface area contributed by atoms with E-state index in [1.165, 1.54) is 7.11 Å². The number of nitrogens with two attached hydrogens (primary N) is 1. The number of methoxy groups -OCH3 is 1. The highest BCUT2D eigenvalue weighted by atomic mass is 16.5. The third-order valence-corrected chi connectivity index (χ3v) is 6.68. The summed E-state index contributed by atoms with van der Waals surface area (Å²) >= 11 is 0. The van der Waals surface area contributed by atoms with E-state index in [0.29, 0.717) is 24.0 Å². The topological polar surface area (TPSA) is 114 Å². The van der Waals surface area contributed by atoms with Crippen molar-refractivity contribution in [3.63, 3.8) is 0 Å². The maximum Gasteiger partial charge on any atom is 0.309 e. The Labute approximate surface area is 212 Å². The van der Waals surface area contributed by atoms with E-state index in [1.807, 2.05) is 12.1 Å². The Morgan fingerprint density at radius 1 is 1.17 bits per heavy atom. The van der Waals surface area contributed by atoms with E-state index < -0.39 is 0 Å². The van der Waals surface area contributed by atoms with Crippen molar-refractivity contribution < 1.29 is 19.1 Å². The number of morpholine rings is 1. The summed E-state index contributed by atoms with van der Waals surface area (Å²) in [7, 11) is 1.41. The lowest BCUT2D eigenvalue weighted by molar-refractivity contribution is -0.139. The number of nitrogens with zero attached hydrogens (tertiary/aromatic N) is 5. The van der Waals surface area contributed by atoms with Gasteiger partial charge in [0.1, 0.15) is 17.5 Å². The highest BCUT2D eigenvalue weighted by Gasteiger charge is 2.31. The third kappa shape index (κ3) is 6.77. The second kappa shape index (κ2) is 12.2. The summed E-state index contributed by atoms with van der Waals surface area (Å²) in [5.74, 6) is 1.40. The Bertz CT molecular complexity index is 1070. The second-order valence-corrected chi connectivity index (χ2v) is 9.34. The number of nitrogen functional groups attached to an aromatic ring is 1. The normalized spacial score (nSPS) is 16.0. The van der Waals surface area contributed by atoms with Crippen molar-refractivity contribution in [1.29, 1.82) is 0 Å². The van der Waals surface area contributed by atoms with Crippen LogP contribution in [0, 0.1) is 6.92 Å². The number of amides is 1. The minimum absolute atomic E-state index is 0.0204. The van der Waals surface area contributed by atoms with Gasteiger partial charge in [-0.05, 0) is 24.5 Å². The van der Waals surface area contributed by atoms with E-state index in [9.17, 15) is 9.59 Å². The largest absolute Gasteiger partial charge is 0.469 e.